The van der Waals surface area contributed by atoms with Gasteiger partial charge < -0.3 is 9.57 Å². The molecule has 0 aromatic carbocycles. The number of hydroxylamine groups is 2. The third kappa shape index (κ3) is 6.34. The van der Waals surface area contributed by atoms with Crippen LogP contribution in [0, 0.1) is 5.92 Å². The molecule has 1 rings (SSSR count). The Morgan fingerprint density at radius 1 is 1.12 bits per heavy atom. The van der Waals surface area contributed by atoms with Gasteiger partial charge in [0.15, 0.2) is 0 Å². The van der Waals surface area contributed by atoms with E-state index >= 15 is 0 Å². The van der Waals surface area contributed by atoms with E-state index in [9.17, 15) is 9.59 Å². The first kappa shape index (κ1) is 23.1. The number of hydrogen-bond donors (Lipinski definition) is 0. The zero-order chi connectivity index (χ0) is 19.8. The number of ether oxygens (including phenoxy) is 1. The van der Waals surface area contributed by atoms with Crippen molar-refractivity contribution in [3.05, 3.63) is 0 Å². The summed E-state index contributed by atoms with van der Waals surface area (Å²) in [5.41, 5.74) is -0.794. The normalized spacial score (nSPS) is 22.4. The van der Waals surface area contributed by atoms with Crippen LogP contribution in [0.4, 0.5) is 0 Å². The SMILES string of the molecule is CCCCCCCCOC(=O)CCC1C(=O)CC(C)(C)N(OC)C1(C)C. The van der Waals surface area contributed by atoms with Crippen LogP contribution in [0.5, 0.6) is 0 Å². The van der Waals surface area contributed by atoms with Gasteiger partial charge in [-0.2, -0.15) is 5.06 Å². The van der Waals surface area contributed by atoms with Gasteiger partial charge in [0.1, 0.15) is 5.78 Å². The van der Waals surface area contributed by atoms with Gasteiger partial charge in [0.05, 0.1) is 19.3 Å². The minimum atomic E-state index is -0.451. The van der Waals surface area contributed by atoms with Gasteiger partial charge in [0.25, 0.3) is 0 Å². The highest BCUT2D eigenvalue weighted by atomic mass is 16.7. The second kappa shape index (κ2) is 10.4. The molecule has 0 bridgehead atoms. The van der Waals surface area contributed by atoms with Crippen LogP contribution in [0.2, 0.25) is 0 Å². The molecule has 0 radical (unpaired) electrons. The number of ketones is 1. The largest absolute Gasteiger partial charge is 0.466 e. The van der Waals surface area contributed by atoms with E-state index in [1.807, 2.05) is 32.8 Å². The van der Waals surface area contributed by atoms with Crippen LogP contribution in [-0.4, -0.2) is 41.6 Å². The number of rotatable bonds is 11. The van der Waals surface area contributed by atoms with E-state index in [1.54, 1.807) is 7.11 Å². The number of nitrogens with zero attached hydrogens (tertiary/aromatic N) is 1. The minimum absolute atomic E-state index is 0.198. The highest BCUT2D eigenvalue weighted by Gasteiger charge is 2.51. The number of hydrogen-bond acceptors (Lipinski definition) is 5. The summed E-state index contributed by atoms with van der Waals surface area (Å²) in [5.74, 6) is -0.218. The number of unbranched alkanes of at least 4 members (excludes halogenated alkanes) is 5. The molecule has 1 saturated heterocycles. The lowest BCUT2D eigenvalue weighted by Crippen LogP contribution is -2.64. The maximum Gasteiger partial charge on any atom is 0.305 e. The molecule has 1 heterocycles. The van der Waals surface area contributed by atoms with Gasteiger partial charge in [-0.05, 0) is 40.5 Å². The number of carbonyl (C=O) groups excluding carboxylic acids is 2. The molecular weight excluding hydrogens is 330 g/mol. The monoisotopic (exact) mass is 369 g/mol. The van der Waals surface area contributed by atoms with Gasteiger partial charge in [0.2, 0.25) is 0 Å². The van der Waals surface area contributed by atoms with Gasteiger partial charge in [-0.1, -0.05) is 39.0 Å². The Morgan fingerprint density at radius 2 is 1.73 bits per heavy atom. The van der Waals surface area contributed by atoms with E-state index in [4.69, 9.17) is 9.57 Å². The molecule has 0 aromatic rings. The Kier molecular flexibility index (Phi) is 9.25. The third-order valence-corrected chi connectivity index (χ3v) is 5.50. The van der Waals surface area contributed by atoms with Gasteiger partial charge in [0, 0.05) is 24.3 Å². The van der Waals surface area contributed by atoms with E-state index in [1.165, 1.54) is 25.7 Å². The highest BCUT2D eigenvalue weighted by Crippen LogP contribution is 2.41. The molecule has 0 spiro atoms. The van der Waals surface area contributed by atoms with Crippen molar-refractivity contribution in [2.45, 2.75) is 103 Å². The van der Waals surface area contributed by atoms with Gasteiger partial charge in [-0.15, -0.1) is 0 Å². The molecular formula is C21H39NO4. The zero-order valence-electron chi connectivity index (χ0n) is 17.7. The molecule has 1 aliphatic heterocycles. The molecule has 1 atom stereocenters. The summed E-state index contributed by atoms with van der Waals surface area (Å²) in [6.45, 7) is 10.8. The van der Waals surface area contributed by atoms with Crippen LogP contribution in [0.1, 0.15) is 92.4 Å². The third-order valence-electron chi connectivity index (χ3n) is 5.50. The molecule has 5 nitrogen and oxygen atoms in total. The van der Waals surface area contributed by atoms with Crippen molar-refractivity contribution in [3.63, 3.8) is 0 Å². The van der Waals surface area contributed by atoms with E-state index in [-0.39, 0.29) is 29.6 Å². The van der Waals surface area contributed by atoms with Crippen LogP contribution >= 0.6 is 0 Å². The summed E-state index contributed by atoms with van der Waals surface area (Å²) in [6, 6.07) is 0. The summed E-state index contributed by atoms with van der Waals surface area (Å²) < 4.78 is 5.34. The predicted octanol–water partition coefficient (Wildman–Crippen LogP) is 4.68. The fourth-order valence-electron chi connectivity index (χ4n) is 4.34. The first-order chi connectivity index (χ1) is 12.2. The lowest BCUT2D eigenvalue weighted by Gasteiger charge is -2.53. The Labute approximate surface area is 159 Å². The quantitative estimate of drug-likeness (QED) is 0.391. The van der Waals surface area contributed by atoms with E-state index in [0.29, 0.717) is 19.4 Å². The van der Waals surface area contributed by atoms with Crippen molar-refractivity contribution >= 4 is 11.8 Å². The number of carbonyl (C=O) groups is 2. The van der Waals surface area contributed by atoms with Crippen molar-refractivity contribution in [3.8, 4) is 0 Å². The van der Waals surface area contributed by atoms with E-state index in [0.717, 1.165) is 12.8 Å². The Balaban J connectivity index is 2.41. The molecule has 1 fully saturated rings. The number of esters is 1. The predicted molar refractivity (Wildman–Crippen MR) is 104 cm³/mol. The van der Waals surface area contributed by atoms with Crippen LogP contribution in [0.15, 0.2) is 0 Å². The molecule has 0 aromatic heterocycles. The lowest BCUT2D eigenvalue weighted by atomic mass is 9.71. The standard InChI is InChI=1S/C21H39NO4/c1-7-8-9-10-11-12-15-26-19(24)14-13-17-18(23)16-20(2,3)22(25-6)21(17,4)5/h17H,7-16H2,1-6H3. The fraction of sp³-hybridized carbons (Fsp3) is 0.905. The minimum Gasteiger partial charge on any atom is -0.466 e. The molecule has 0 N–H and O–H groups in total. The van der Waals surface area contributed by atoms with Crippen molar-refractivity contribution in [1.29, 1.82) is 0 Å². The molecule has 0 aliphatic carbocycles. The fourth-order valence-corrected chi connectivity index (χ4v) is 4.34. The molecule has 1 unspecified atom stereocenters. The summed E-state index contributed by atoms with van der Waals surface area (Å²) in [5, 5.41) is 1.91. The van der Waals surface area contributed by atoms with Gasteiger partial charge in [-0.25, -0.2) is 0 Å². The smallest absolute Gasteiger partial charge is 0.305 e. The molecule has 26 heavy (non-hydrogen) atoms. The van der Waals surface area contributed by atoms with Crippen molar-refractivity contribution in [2.24, 2.45) is 5.92 Å². The number of piperidine rings is 1. The molecule has 1 aliphatic rings. The van der Waals surface area contributed by atoms with Crippen LogP contribution < -0.4 is 0 Å². The second-order valence-electron chi connectivity index (χ2n) is 8.67. The van der Waals surface area contributed by atoms with Crippen molar-refractivity contribution in [1.82, 2.24) is 5.06 Å². The average molecular weight is 370 g/mol. The zero-order valence-corrected chi connectivity index (χ0v) is 17.7. The summed E-state index contributed by atoms with van der Waals surface area (Å²) >= 11 is 0. The van der Waals surface area contributed by atoms with E-state index < -0.39 is 5.54 Å². The molecule has 5 heteroatoms. The summed E-state index contributed by atoms with van der Waals surface area (Å²) in [4.78, 5) is 30.3. The number of Topliss-reactive ketones (excluding diaryl/α,β-unsaturated/α-hetero) is 1. The van der Waals surface area contributed by atoms with Crippen LogP contribution in [-0.2, 0) is 19.2 Å². The molecule has 0 amide bonds. The highest BCUT2D eigenvalue weighted by molar-refractivity contribution is 5.85. The van der Waals surface area contributed by atoms with Crippen molar-refractivity contribution in [2.75, 3.05) is 13.7 Å². The second-order valence-corrected chi connectivity index (χ2v) is 8.67. The summed E-state index contributed by atoms with van der Waals surface area (Å²) in [7, 11) is 1.64. The van der Waals surface area contributed by atoms with Crippen LogP contribution in [0.3, 0.4) is 0 Å². The average Bonchev–Trinajstić information content (AvgIpc) is 2.52. The lowest BCUT2D eigenvalue weighted by molar-refractivity contribution is -0.270. The summed E-state index contributed by atoms with van der Waals surface area (Å²) in [6.07, 6.45) is 8.25. The maximum atomic E-state index is 12.7. The van der Waals surface area contributed by atoms with Gasteiger partial charge in [-0.3, -0.25) is 9.59 Å². The molecule has 152 valence electrons. The first-order valence-corrected chi connectivity index (χ1v) is 10.2. The van der Waals surface area contributed by atoms with E-state index in [2.05, 4.69) is 6.92 Å². The Bertz CT molecular complexity index is 459. The van der Waals surface area contributed by atoms with Crippen LogP contribution in [0.25, 0.3) is 0 Å². The molecule has 0 saturated carbocycles. The van der Waals surface area contributed by atoms with Gasteiger partial charge >= 0.3 is 5.97 Å². The Hall–Kier alpha value is -0.940. The first-order valence-electron chi connectivity index (χ1n) is 10.2. The van der Waals surface area contributed by atoms with Crippen molar-refractivity contribution < 1.29 is 19.2 Å². The Morgan fingerprint density at radius 3 is 2.35 bits per heavy atom. The topological polar surface area (TPSA) is 55.8 Å². The maximum absolute atomic E-state index is 12.7.